The van der Waals surface area contributed by atoms with Gasteiger partial charge in [-0.1, -0.05) is 12.1 Å². The molecule has 1 N–H and O–H groups in total. The van der Waals surface area contributed by atoms with Gasteiger partial charge in [0.15, 0.2) is 5.78 Å². The van der Waals surface area contributed by atoms with Crippen LogP contribution in [0.15, 0.2) is 18.2 Å². The molecule has 0 saturated heterocycles. The Kier molecular flexibility index (Phi) is 3.38. The second-order valence-electron chi connectivity index (χ2n) is 4.07. The van der Waals surface area contributed by atoms with Gasteiger partial charge in [-0.05, 0) is 23.6 Å². The predicted octanol–water partition coefficient (Wildman–Crippen LogP) is 2.28. The molecule has 0 radical (unpaired) electrons. The maximum Gasteiger partial charge on any atom is 0.162 e. The van der Waals surface area contributed by atoms with Crippen LogP contribution in [0.3, 0.4) is 0 Å². The molecular formula is C14H15NO. The lowest BCUT2D eigenvalue weighted by Crippen LogP contribution is -2.01. The van der Waals surface area contributed by atoms with Gasteiger partial charge in [-0.25, -0.2) is 0 Å². The van der Waals surface area contributed by atoms with Gasteiger partial charge in [0.2, 0.25) is 0 Å². The van der Waals surface area contributed by atoms with E-state index in [0.29, 0.717) is 12.8 Å². The number of Topliss-reactive ketones (excluding diaryl/α,β-unsaturated/α-hetero) is 1. The molecule has 82 valence electrons. The minimum atomic E-state index is 0.199. The molecule has 16 heavy (non-hydrogen) atoms. The Morgan fingerprint density at radius 3 is 3.00 bits per heavy atom. The normalized spacial score (nSPS) is 13.2. The van der Waals surface area contributed by atoms with E-state index in [1.807, 2.05) is 18.2 Å². The zero-order valence-electron chi connectivity index (χ0n) is 9.25. The van der Waals surface area contributed by atoms with Crippen molar-refractivity contribution in [3.63, 3.8) is 0 Å². The Morgan fingerprint density at radius 2 is 2.19 bits per heavy atom. The van der Waals surface area contributed by atoms with Crippen molar-refractivity contribution in [1.82, 2.24) is 5.32 Å². The number of benzene rings is 1. The van der Waals surface area contributed by atoms with Crippen molar-refractivity contribution in [2.45, 2.75) is 32.4 Å². The number of rotatable bonds is 4. The molecular weight excluding hydrogens is 198 g/mol. The fourth-order valence-electron chi connectivity index (χ4n) is 1.96. The van der Waals surface area contributed by atoms with E-state index >= 15 is 0 Å². The average Bonchev–Trinajstić information content (AvgIpc) is 2.76. The molecule has 1 aliphatic heterocycles. The van der Waals surface area contributed by atoms with Crippen LogP contribution in [0.25, 0.3) is 0 Å². The summed E-state index contributed by atoms with van der Waals surface area (Å²) >= 11 is 0. The van der Waals surface area contributed by atoms with Crippen molar-refractivity contribution in [2.75, 3.05) is 0 Å². The first kappa shape index (κ1) is 10.9. The van der Waals surface area contributed by atoms with Gasteiger partial charge in [0.05, 0.1) is 0 Å². The van der Waals surface area contributed by atoms with Gasteiger partial charge in [-0.2, -0.15) is 0 Å². The summed E-state index contributed by atoms with van der Waals surface area (Å²) in [5.74, 6) is 2.75. The third-order valence-electron chi connectivity index (χ3n) is 2.88. The third kappa shape index (κ3) is 2.32. The Labute approximate surface area is 96.1 Å². The van der Waals surface area contributed by atoms with E-state index in [1.165, 1.54) is 11.1 Å². The number of fused-ring (bicyclic) bond motifs is 1. The summed E-state index contributed by atoms with van der Waals surface area (Å²) in [7, 11) is 0. The second-order valence-corrected chi connectivity index (χ2v) is 4.07. The van der Waals surface area contributed by atoms with Gasteiger partial charge in [-0.3, -0.25) is 4.79 Å². The molecule has 1 aliphatic rings. The highest BCUT2D eigenvalue weighted by Crippen LogP contribution is 2.18. The molecule has 1 aromatic carbocycles. The molecule has 1 aromatic rings. The number of carbonyl (C=O) groups is 1. The lowest BCUT2D eigenvalue weighted by molar-refractivity contribution is 0.0980. The summed E-state index contributed by atoms with van der Waals surface area (Å²) in [5, 5.41) is 3.27. The Bertz CT molecular complexity index is 443. The monoisotopic (exact) mass is 213 g/mol. The molecule has 0 spiro atoms. The maximum absolute atomic E-state index is 11.8. The SMILES string of the molecule is C#CCCCC(=O)c1ccc2c(c1)CNC2. The molecule has 1 heterocycles. The van der Waals surface area contributed by atoms with Crippen LogP contribution in [0.1, 0.15) is 40.7 Å². The van der Waals surface area contributed by atoms with E-state index in [1.54, 1.807) is 0 Å². The quantitative estimate of drug-likeness (QED) is 0.472. The van der Waals surface area contributed by atoms with Crippen LogP contribution in [0, 0.1) is 12.3 Å². The van der Waals surface area contributed by atoms with E-state index in [0.717, 1.165) is 25.1 Å². The van der Waals surface area contributed by atoms with Crippen molar-refractivity contribution in [2.24, 2.45) is 0 Å². The number of nitrogens with one attached hydrogen (secondary N) is 1. The molecule has 0 aromatic heterocycles. The minimum Gasteiger partial charge on any atom is -0.309 e. The van der Waals surface area contributed by atoms with Gasteiger partial charge < -0.3 is 5.32 Å². The number of unbranched alkanes of at least 4 members (excludes halogenated alkanes) is 1. The van der Waals surface area contributed by atoms with Crippen molar-refractivity contribution in [3.8, 4) is 12.3 Å². The van der Waals surface area contributed by atoms with Crippen molar-refractivity contribution in [3.05, 3.63) is 34.9 Å². The second kappa shape index (κ2) is 4.96. The Balaban J connectivity index is 2.04. The molecule has 0 fully saturated rings. The van der Waals surface area contributed by atoms with Gasteiger partial charge >= 0.3 is 0 Å². The van der Waals surface area contributed by atoms with Gasteiger partial charge in [0.1, 0.15) is 0 Å². The molecule has 0 amide bonds. The predicted molar refractivity (Wildman–Crippen MR) is 64.0 cm³/mol. The van der Waals surface area contributed by atoms with Crippen molar-refractivity contribution in [1.29, 1.82) is 0 Å². The fourth-order valence-corrected chi connectivity index (χ4v) is 1.96. The van der Waals surface area contributed by atoms with Crippen LogP contribution in [0.4, 0.5) is 0 Å². The fraction of sp³-hybridized carbons (Fsp3) is 0.357. The standard InChI is InChI=1S/C14H15NO/c1-2-3-4-5-14(16)11-6-7-12-9-15-10-13(12)8-11/h1,6-8,15H,3-5,9-10H2. The van der Waals surface area contributed by atoms with E-state index in [2.05, 4.69) is 11.2 Å². The summed E-state index contributed by atoms with van der Waals surface area (Å²) in [6, 6.07) is 5.97. The smallest absolute Gasteiger partial charge is 0.162 e. The molecule has 0 aliphatic carbocycles. The topological polar surface area (TPSA) is 29.1 Å². The summed E-state index contributed by atoms with van der Waals surface area (Å²) < 4.78 is 0. The van der Waals surface area contributed by atoms with Gasteiger partial charge in [0.25, 0.3) is 0 Å². The zero-order chi connectivity index (χ0) is 11.4. The summed E-state index contributed by atoms with van der Waals surface area (Å²) in [4.78, 5) is 11.8. The van der Waals surface area contributed by atoms with Crippen LogP contribution >= 0.6 is 0 Å². The largest absolute Gasteiger partial charge is 0.309 e. The molecule has 2 heteroatoms. The van der Waals surface area contributed by atoms with Crippen LogP contribution < -0.4 is 5.32 Å². The summed E-state index contributed by atoms with van der Waals surface area (Å²) in [6.07, 6.45) is 7.17. The highest BCUT2D eigenvalue weighted by molar-refractivity contribution is 5.96. The first-order chi connectivity index (χ1) is 7.81. The first-order valence-corrected chi connectivity index (χ1v) is 5.60. The minimum absolute atomic E-state index is 0.199. The summed E-state index contributed by atoms with van der Waals surface area (Å²) in [5.41, 5.74) is 3.38. The van der Waals surface area contributed by atoms with Crippen LogP contribution in [-0.2, 0) is 13.1 Å². The van der Waals surface area contributed by atoms with Crippen LogP contribution in [0.2, 0.25) is 0 Å². The maximum atomic E-state index is 11.8. The van der Waals surface area contributed by atoms with E-state index in [9.17, 15) is 4.79 Å². The Hall–Kier alpha value is -1.59. The molecule has 0 saturated carbocycles. The summed E-state index contributed by atoms with van der Waals surface area (Å²) in [6.45, 7) is 1.79. The highest BCUT2D eigenvalue weighted by atomic mass is 16.1. The van der Waals surface area contributed by atoms with Gasteiger partial charge in [-0.15, -0.1) is 12.3 Å². The number of hydrogen-bond donors (Lipinski definition) is 1. The molecule has 0 atom stereocenters. The number of terminal acetylenes is 1. The van der Waals surface area contributed by atoms with Crippen molar-refractivity contribution >= 4 is 5.78 Å². The van der Waals surface area contributed by atoms with Gasteiger partial charge in [0, 0.05) is 31.5 Å². The molecule has 0 unspecified atom stereocenters. The lowest BCUT2D eigenvalue weighted by atomic mass is 10.0. The number of hydrogen-bond acceptors (Lipinski definition) is 2. The third-order valence-corrected chi connectivity index (χ3v) is 2.88. The highest BCUT2D eigenvalue weighted by Gasteiger charge is 2.12. The Morgan fingerprint density at radius 1 is 1.38 bits per heavy atom. The number of ketones is 1. The van der Waals surface area contributed by atoms with E-state index < -0.39 is 0 Å². The van der Waals surface area contributed by atoms with Crippen LogP contribution in [-0.4, -0.2) is 5.78 Å². The van der Waals surface area contributed by atoms with Crippen LogP contribution in [0.5, 0.6) is 0 Å². The number of carbonyl (C=O) groups excluding carboxylic acids is 1. The molecule has 0 bridgehead atoms. The van der Waals surface area contributed by atoms with E-state index in [-0.39, 0.29) is 5.78 Å². The lowest BCUT2D eigenvalue weighted by Gasteiger charge is -2.03. The average molecular weight is 213 g/mol. The molecule has 2 rings (SSSR count). The molecule has 2 nitrogen and oxygen atoms in total. The van der Waals surface area contributed by atoms with Crippen molar-refractivity contribution < 1.29 is 4.79 Å². The zero-order valence-corrected chi connectivity index (χ0v) is 9.25. The first-order valence-electron chi connectivity index (χ1n) is 5.60. The van der Waals surface area contributed by atoms with E-state index in [4.69, 9.17) is 6.42 Å².